The van der Waals surface area contributed by atoms with Crippen molar-refractivity contribution in [3.63, 3.8) is 0 Å². The molecule has 2 heterocycles. The number of aromatic nitrogens is 2. The van der Waals surface area contributed by atoms with Crippen molar-refractivity contribution >= 4 is 40.3 Å². The lowest BCUT2D eigenvalue weighted by Crippen LogP contribution is -2.24. The number of rotatable bonds is 6. The zero-order valence-corrected chi connectivity index (χ0v) is 19.6. The van der Waals surface area contributed by atoms with Crippen molar-refractivity contribution < 1.29 is 23.9 Å². The zero-order valence-electron chi connectivity index (χ0n) is 19.6. The van der Waals surface area contributed by atoms with Crippen LogP contribution in [0.4, 0.5) is 5.69 Å². The van der Waals surface area contributed by atoms with Crippen LogP contribution >= 0.6 is 0 Å². The highest BCUT2D eigenvalue weighted by molar-refractivity contribution is 6.21. The normalized spacial score (nSPS) is 12.5. The molecule has 3 aromatic carbocycles. The monoisotopic (exact) mass is 496 g/mol. The molecule has 0 atom stereocenters. The first-order chi connectivity index (χ1) is 17.8. The highest BCUT2D eigenvalue weighted by Gasteiger charge is 2.32. The summed E-state index contributed by atoms with van der Waals surface area (Å²) in [6, 6.07) is 18.0. The van der Waals surface area contributed by atoms with E-state index in [9.17, 15) is 24.0 Å². The predicted molar refractivity (Wildman–Crippen MR) is 133 cm³/mol. The van der Waals surface area contributed by atoms with Crippen LogP contribution in [0, 0.1) is 0 Å². The molecule has 5 rings (SSSR count). The number of esters is 1. The van der Waals surface area contributed by atoms with Gasteiger partial charge in [-0.2, -0.15) is 0 Å². The Morgan fingerprint density at radius 3 is 2.51 bits per heavy atom. The largest absolute Gasteiger partial charge is 0.452 e. The molecule has 3 amide bonds. The van der Waals surface area contributed by atoms with Crippen LogP contribution in [0.25, 0.3) is 10.9 Å². The maximum atomic E-state index is 12.8. The number of nitrogens with zero attached hydrogens (tertiary/aromatic N) is 2. The summed E-state index contributed by atoms with van der Waals surface area (Å²) in [5, 5.41) is 3.03. The molecule has 10 heteroatoms. The van der Waals surface area contributed by atoms with Crippen LogP contribution in [0.2, 0.25) is 0 Å². The number of carbonyl (C=O) groups excluding carboxylic acids is 4. The summed E-state index contributed by atoms with van der Waals surface area (Å²) < 4.78 is 5.21. The third-order valence-corrected chi connectivity index (χ3v) is 5.96. The second-order valence-corrected chi connectivity index (χ2v) is 8.42. The molecular weight excluding hydrogens is 476 g/mol. The number of H-pyrrole nitrogens is 1. The Morgan fingerprint density at radius 1 is 0.946 bits per heavy atom. The Labute approximate surface area is 209 Å². The van der Waals surface area contributed by atoms with Crippen LogP contribution < -0.4 is 10.9 Å². The van der Waals surface area contributed by atoms with Crippen LogP contribution in [0.1, 0.15) is 42.5 Å². The minimum absolute atomic E-state index is 0.174. The zero-order chi connectivity index (χ0) is 26.1. The number of anilines is 1. The Morgan fingerprint density at radius 2 is 1.68 bits per heavy atom. The average molecular weight is 496 g/mol. The van der Waals surface area contributed by atoms with Gasteiger partial charge in [0.2, 0.25) is 0 Å². The first-order valence-electron chi connectivity index (χ1n) is 11.3. The maximum Gasteiger partial charge on any atom is 0.338 e. The van der Waals surface area contributed by atoms with Crippen LogP contribution in [0.3, 0.4) is 0 Å². The van der Waals surface area contributed by atoms with Crippen LogP contribution in [0.15, 0.2) is 71.5 Å². The third-order valence-electron chi connectivity index (χ3n) is 5.96. The first-order valence-corrected chi connectivity index (χ1v) is 11.3. The Balaban J connectivity index is 1.26. The summed E-state index contributed by atoms with van der Waals surface area (Å²) in [5.74, 6) is -1.81. The van der Waals surface area contributed by atoms with Crippen molar-refractivity contribution in [3.8, 4) is 0 Å². The fourth-order valence-corrected chi connectivity index (χ4v) is 4.12. The van der Waals surface area contributed by atoms with Gasteiger partial charge >= 0.3 is 5.97 Å². The van der Waals surface area contributed by atoms with Gasteiger partial charge in [0.25, 0.3) is 23.3 Å². The van der Waals surface area contributed by atoms with Gasteiger partial charge in [0.15, 0.2) is 6.61 Å². The molecule has 1 aliphatic rings. The molecule has 1 aliphatic heterocycles. The lowest BCUT2D eigenvalue weighted by molar-refractivity contribution is -0.119. The van der Waals surface area contributed by atoms with Gasteiger partial charge in [0.05, 0.1) is 27.6 Å². The van der Waals surface area contributed by atoms with Gasteiger partial charge in [0, 0.05) is 19.2 Å². The van der Waals surface area contributed by atoms with E-state index in [-0.39, 0.29) is 28.7 Å². The van der Waals surface area contributed by atoms with E-state index in [2.05, 4.69) is 15.3 Å². The standard InChI is InChI=1S/C27H20N4O6/c1-31-25(34)18-11-10-16(13-20(18)26(31)35)28-23(32)14-37-27(36)17-7-3-2-6-15(17)12-22-29-21-9-5-4-8-19(21)24(33)30-22/h2-11,13H,12,14H2,1H3,(H,28,32)(H,29,30,33). The molecule has 10 nitrogen and oxygen atoms in total. The lowest BCUT2D eigenvalue weighted by Gasteiger charge is -2.10. The van der Waals surface area contributed by atoms with Crippen molar-refractivity contribution in [2.24, 2.45) is 0 Å². The molecule has 0 unspecified atom stereocenters. The predicted octanol–water partition coefficient (Wildman–Crippen LogP) is 2.54. The number of carbonyl (C=O) groups is 4. The molecule has 4 aromatic rings. The Hall–Kier alpha value is -5.12. The molecule has 1 aromatic heterocycles. The average Bonchev–Trinajstić information content (AvgIpc) is 3.11. The number of nitrogens with one attached hydrogen (secondary N) is 2. The van der Waals surface area contributed by atoms with Gasteiger partial charge in [0.1, 0.15) is 5.82 Å². The van der Waals surface area contributed by atoms with Gasteiger partial charge in [-0.25, -0.2) is 9.78 Å². The minimum Gasteiger partial charge on any atom is -0.452 e. The molecule has 0 saturated carbocycles. The van der Waals surface area contributed by atoms with Crippen LogP contribution in [-0.4, -0.2) is 52.2 Å². The van der Waals surface area contributed by atoms with E-state index in [1.807, 2.05) is 0 Å². The number of para-hydroxylation sites is 1. The van der Waals surface area contributed by atoms with E-state index in [1.54, 1.807) is 48.5 Å². The molecular formula is C27H20N4O6. The molecule has 0 radical (unpaired) electrons. The van der Waals surface area contributed by atoms with Crippen molar-refractivity contribution in [3.05, 3.63) is 105 Å². The molecule has 0 saturated heterocycles. The summed E-state index contributed by atoms with van der Waals surface area (Å²) in [5.41, 5.74) is 1.81. The highest BCUT2D eigenvalue weighted by atomic mass is 16.5. The van der Waals surface area contributed by atoms with Crippen molar-refractivity contribution in [1.29, 1.82) is 0 Å². The lowest BCUT2D eigenvalue weighted by atomic mass is 10.0. The van der Waals surface area contributed by atoms with Crippen molar-refractivity contribution in [1.82, 2.24) is 14.9 Å². The number of benzene rings is 3. The van der Waals surface area contributed by atoms with Crippen LogP contribution in [0.5, 0.6) is 0 Å². The van der Waals surface area contributed by atoms with Crippen LogP contribution in [-0.2, 0) is 16.0 Å². The number of hydrogen-bond acceptors (Lipinski definition) is 7. The summed E-state index contributed by atoms with van der Waals surface area (Å²) >= 11 is 0. The number of amides is 3. The highest BCUT2D eigenvalue weighted by Crippen LogP contribution is 2.24. The second-order valence-electron chi connectivity index (χ2n) is 8.42. The number of aromatic amines is 1. The minimum atomic E-state index is -0.717. The summed E-state index contributed by atoms with van der Waals surface area (Å²) in [7, 11) is 1.38. The van der Waals surface area contributed by atoms with E-state index in [0.717, 1.165) is 4.90 Å². The third kappa shape index (κ3) is 4.59. The molecule has 0 spiro atoms. The van der Waals surface area contributed by atoms with Gasteiger partial charge in [-0.3, -0.25) is 24.1 Å². The topological polar surface area (TPSA) is 139 Å². The Bertz CT molecular complexity index is 1660. The summed E-state index contributed by atoms with van der Waals surface area (Å²) in [4.78, 5) is 69.9. The number of fused-ring (bicyclic) bond motifs is 2. The molecule has 0 aliphatic carbocycles. The number of imide groups is 1. The maximum absolute atomic E-state index is 12.8. The smallest absolute Gasteiger partial charge is 0.338 e. The molecule has 0 fully saturated rings. The Kier molecular flexibility index (Phi) is 6.06. The fraction of sp³-hybridized carbons (Fsp3) is 0.111. The van der Waals surface area contributed by atoms with Gasteiger partial charge in [-0.15, -0.1) is 0 Å². The van der Waals surface area contributed by atoms with E-state index < -0.39 is 30.3 Å². The second kappa shape index (κ2) is 9.50. The SMILES string of the molecule is CN1C(=O)c2ccc(NC(=O)COC(=O)c3ccccc3Cc3nc4ccccc4c(=O)[nH]3)cc2C1=O. The van der Waals surface area contributed by atoms with E-state index >= 15 is 0 Å². The summed E-state index contributed by atoms with van der Waals surface area (Å²) in [6.07, 6.45) is 0.174. The van der Waals surface area contributed by atoms with E-state index in [1.165, 1.54) is 25.2 Å². The van der Waals surface area contributed by atoms with Gasteiger partial charge in [-0.1, -0.05) is 30.3 Å². The van der Waals surface area contributed by atoms with Crippen molar-refractivity contribution in [2.75, 3.05) is 19.0 Å². The molecule has 2 N–H and O–H groups in total. The molecule has 184 valence electrons. The number of ether oxygens (including phenoxy) is 1. The van der Waals surface area contributed by atoms with E-state index in [0.29, 0.717) is 28.0 Å². The van der Waals surface area contributed by atoms with Gasteiger partial charge < -0.3 is 15.0 Å². The van der Waals surface area contributed by atoms with E-state index in [4.69, 9.17) is 4.74 Å². The number of hydrogen-bond donors (Lipinski definition) is 2. The van der Waals surface area contributed by atoms with Gasteiger partial charge in [-0.05, 0) is 42.0 Å². The summed E-state index contributed by atoms with van der Waals surface area (Å²) in [6.45, 7) is -0.567. The van der Waals surface area contributed by atoms with Crippen molar-refractivity contribution in [2.45, 2.75) is 6.42 Å². The first kappa shape index (κ1) is 23.6. The molecule has 0 bridgehead atoms. The fourth-order valence-electron chi connectivity index (χ4n) is 4.12. The quantitative estimate of drug-likeness (QED) is 0.309. The molecule has 37 heavy (non-hydrogen) atoms.